The quantitative estimate of drug-likeness (QED) is 0.350. The molecule has 0 spiro atoms. The van der Waals surface area contributed by atoms with Gasteiger partial charge in [0, 0.05) is 42.2 Å². The van der Waals surface area contributed by atoms with E-state index in [1.54, 1.807) is 48.5 Å². The summed E-state index contributed by atoms with van der Waals surface area (Å²) in [5.41, 5.74) is 3.42. The lowest BCUT2D eigenvalue weighted by Crippen LogP contribution is -2.31. The number of hydrogen-bond acceptors (Lipinski definition) is 5. The third-order valence-corrected chi connectivity index (χ3v) is 5.84. The molecular weight excluding hydrogens is 456 g/mol. The third kappa shape index (κ3) is 7.41. The molecule has 0 aliphatic carbocycles. The molecule has 0 aromatic heterocycles. The zero-order valence-corrected chi connectivity index (χ0v) is 20.0. The van der Waals surface area contributed by atoms with Crippen molar-refractivity contribution in [3.8, 4) is 0 Å². The first-order valence-corrected chi connectivity index (χ1v) is 12.0. The van der Waals surface area contributed by atoms with Crippen LogP contribution in [0.1, 0.15) is 39.1 Å². The van der Waals surface area contributed by atoms with Crippen molar-refractivity contribution < 1.29 is 19.1 Å². The second-order valence-electron chi connectivity index (χ2n) is 8.57. The lowest BCUT2D eigenvalue weighted by atomic mass is 10.1. The highest BCUT2D eigenvalue weighted by Gasteiger charge is 2.16. The first-order valence-electron chi connectivity index (χ1n) is 12.0. The number of rotatable bonds is 10. The molecule has 1 aliphatic heterocycles. The molecule has 8 nitrogen and oxygen atoms in total. The second kappa shape index (κ2) is 12.5. The summed E-state index contributed by atoms with van der Waals surface area (Å²) in [5, 5.41) is 11.6. The van der Waals surface area contributed by atoms with Gasteiger partial charge in [0.2, 0.25) is 5.91 Å². The monoisotopic (exact) mass is 486 g/mol. The minimum absolute atomic E-state index is 0.0594. The van der Waals surface area contributed by atoms with Gasteiger partial charge in [-0.3, -0.25) is 14.4 Å². The first-order chi connectivity index (χ1) is 17.6. The van der Waals surface area contributed by atoms with Crippen LogP contribution >= 0.6 is 0 Å². The Hall–Kier alpha value is -4.17. The molecule has 1 saturated heterocycles. The normalized spacial score (nSPS) is 14.6. The van der Waals surface area contributed by atoms with Crippen molar-refractivity contribution in [3.63, 3.8) is 0 Å². The summed E-state index contributed by atoms with van der Waals surface area (Å²) in [4.78, 5) is 36.9. The van der Waals surface area contributed by atoms with E-state index in [2.05, 4.69) is 21.3 Å². The van der Waals surface area contributed by atoms with Crippen LogP contribution in [0.3, 0.4) is 0 Å². The molecule has 1 atom stereocenters. The molecule has 8 heteroatoms. The number of ether oxygens (including phenoxy) is 1. The number of nitrogens with one attached hydrogen (secondary N) is 4. The van der Waals surface area contributed by atoms with E-state index in [9.17, 15) is 14.4 Å². The molecule has 1 unspecified atom stereocenters. The summed E-state index contributed by atoms with van der Waals surface area (Å²) in [5.74, 6) is -0.552. The summed E-state index contributed by atoms with van der Waals surface area (Å²) in [6.07, 6.45) is 2.10. The predicted molar refractivity (Wildman–Crippen MR) is 139 cm³/mol. The molecule has 0 saturated carbocycles. The molecule has 4 N–H and O–H groups in total. The maximum Gasteiger partial charge on any atom is 0.251 e. The van der Waals surface area contributed by atoms with Crippen LogP contribution in [0, 0.1) is 0 Å². The number of carbonyl (C=O) groups is 3. The van der Waals surface area contributed by atoms with E-state index in [0.717, 1.165) is 30.7 Å². The number of hydrogen-bond donors (Lipinski definition) is 4. The minimum Gasteiger partial charge on any atom is -0.376 e. The lowest BCUT2D eigenvalue weighted by Gasteiger charge is -2.11. The van der Waals surface area contributed by atoms with Gasteiger partial charge in [-0.05, 0) is 66.9 Å². The van der Waals surface area contributed by atoms with E-state index >= 15 is 0 Å². The van der Waals surface area contributed by atoms with E-state index in [1.165, 1.54) is 0 Å². The molecule has 186 valence electrons. The number of anilines is 2. The fourth-order valence-corrected chi connectivity index (χ4v) is 3.83. The highest BCUT2D eigenvalue weighted by atomic mass is 16.5. The van der Waals surface area contributed by atoms with Crippen LogP contribution in [0.5, 0.6) is 0 Å². The van der Waals surface area contributed by atoms with E-state index in [0.29, 0.717) is 29.9 Å². The standard InChI is InChI=1S/C28H30N4O4/c33-26(19-29-23-12-8-21(9-13-23)28(35)31-18-25-7-4-16-36-25)32-24-14-10-22(11-15-24)27(34)30-17-20-5-2-1-3-6-20/h1-3,5-6,8-15,25,29H,4,7,16-19H2,(H,30,34)(H,31,35)(H,32,33). The average Bonchev–Trinajstić information content (AvgIpc) is 3.44. The molecule has 1 heterocycles. The van der Waals surface area contributed by atoms with Crippen LogP contribution in [0.4, 0.5) is 11.4 Å². The molecule has 1 aliphatic rings. The van der Waals surface area contributed by atoms with Crippen molar-refractivity contribution in [2.45, 2.75) is 25.5 Å². The van der Waals surface area contributed by atoms with E-state index < -0.39 is 0 Å². The van der Waals surface area contributed by atoms with Crippen LogP contribution < -0.4 is 21.3 Å². The minimum atomic E-state index is -0.227. The SMILES string of the molecule is O=C(CNc1ccc(C(=O)NCC2CCCO2)cc1)Nc1ccc(C(=O)NCc2ccccc2)cc1. The van der Waals surface area contributed by atoms with Crippen LogP contribution in [-0.2, 0) is 16.1 Å². The van der Waals surface area contributed by atoms with Gasteiger partial charge in [0.1, 0.15) is 0 Å². The Labute approximate surface area is 210 Å². The van der Waals surface area contributed by atoms with Gasteiger partial charge in [0.05, 0.1) is 12.6 Å². The van der Waals surface area contributed by atoms with Gasteiger partial charge < -0.3 is 26.0 Å². The van der Waals surface area contributed by atoms with Gasteiger partial charge in [-0.15, -0.1) is 0 Å². The Balaban J connectivity index is 1.18. The van der Waals surface area contributed by atoms with Crippen molar-refractivity contribution >= 4 is 29.1 Å². The molecule has 3 amide bonds. The average molecular weight is 487 g/mol. The maximum atomic E-state index is 12.3. The van der Waals surface area contributed by atoms with Gasteiger partial charge in [0.15, 0.2) is 0 Å². The highest BCUT2D eigenvalue weighted by Crippen LogP contribution is 2.13. The summed E-state index contributed by atoms with van der Waals surface area (Å²) < 4.78 is 5.52. The molecule has 36 heavy (non-hydrogen) atoms. The Kier molecular flexibility index (Phi) is 8.67. The number of benzene rings is 3. The van der Waals surface area contributed by atoms with Crippen molar-refractivity contribution in [2.24, 2.45) is 0 Å². The predicted octanol–water partition coefficient (Wildman–Crippen LogP) is 3.58. The summed E-state index contributed by atoms with van der Waals surface area (Å²) >= 11 is 0. The highest BCUT2D eigenvalue weighted by molar-refractivity contribution is 5.97. The van der Waals surface area contributed by atoms with Crippen LogP contribution in [0.25, 0.3) is 0 Å². The summed E-state index contributed by atoms with van der Waals surface area (Å²) in [7, 11) is 0. The number of amides is 3. The molecule has 0 radical (unpaired) electrons. The van der Waals surface area contributed by atoms with Gasteiger partial charge in [-0.2, -0.15) is 0 Å². The van der Waals surface area contributed by atoms with E-state index in [1.807, 2.05) is 30.3 Å². The fraction of sp³-hybridized carbons (Fsp3) is 0.250. The molecule has 0 bridgehead atoms. The Morgan fingerprint density at radius 2 is 1.42 bits per heavy atom. The van der Waals surface area contributed by atoms with Gasteiger partial charge in [-0.25, -0.2) is 0 Å². The van der Waals surface area contributed by atoms with Crippen molar-refractivity contribution in [1.82, 2.24) is 10.6 Å². The topological polar surface area (TPSA) is 109 Å². The van der Waals surface area contributed by atoms with E-state index in [4.69, 9.17) is 4.74 Å². The molecular formula is C28H30N4O4. The molecule has 3 aromatic carbocycles. The van der Waals surface area contributed by atoms with Crippen molar-refractivity contribution in [3.05, 3.63) is 95.6 Å². The summed E-state index contributed by atoms with van der Waals surface area (Å²) in [6, 6.07) is 23.4. The Morgan fingerprint density at radius 1 is 0.778 bits per heavy atom. The zero-order valence-electron chi connectivity index (χ0n) is 20.0. The fourth-order valence-electron chi connectivity index (χ4n) is 3.83. The number of carbonyl (C=O) groups excluding carboxylic acids is 3. The van der Waals surface area contributed by atoms with Crippen LogP contribution in [0.15, 0.2) is 78.9 Å². The van der Waals surface area contributed by atoms with Gasteiger partial charge >= 0.3 is 0 Å². The first kappa shape index (κ1) is 24.9. The van der Waals surface area contributed by atoms with Crippen molar-refractivity contribution in [2.75, 3.05) is 30.3 Å². The van der Waals surface area contributed by atoms with Crippen molar-refractivity contribution in [1.29, 1.82) is 0 Å². The maximum absolute atomic E-state index is 12.3. The van der Waals surface area contributed by atoms with Crippen LogP contribution in [0.2, 0.25) is 0 Å². The second-order valence-corrected chi connectivity index (χ2v) is 8.57. The smallest absolute Gasteiger partial charge is 0.251 e. The van der Waals surface area contributed by atoms with Crippen LogP contribution in [-0.4, -0.2) is 43.5 Å². The van der Waals surface area contributed by atoms with Gasteiger partial charge in [0.25, 0.3) is 11.8 Å². The largest absolute Gasteiger partial charge is 0.376 e. The zero-order chi connectivity index (χ0) is 25.2. The molecule has 3 aromatic rings. The summed E-state index contributed by atoms with van der Waals surface area (Å²) in [6.45, 7) is 1.78. The molecule has 4 rings (SSSR count). The Bertz CT molecular complexity index is 1160. The third-order valence-electron chi connectivity index (χ3n) is 5.84. The van der Waals surface area contributed by atoms with Gasteiger partial charge in [-0.1, -0.05) is 30.3 Å². The lowest BCUT2D eigenvalue weighted by molar-refractivity contribution is -0.114. The Morgan fingerprint density at radius 3 is 2.06 bits per heavy atom. The molecule has 1 fully saturated rings. The van der Waals surface area contributed by atoms with E-state index in [-0.39, 0.29) is 30.4 Å².